The zero-order chi connectivity index (χ0) is 12.1. The largest absolute Gasteiger partial charge is 0.493 e. The van der Waals surface area contributed by atoms with Crippen LogP contribution in [0.1, 0.15) is 12.5 Å². The third-order valence-electron chi connectivity index (χ3n) is 2.07. The minimum Gasteiger partial charge on any atom is -0.493 e. The lowest BCUT2D eigenvalue weighted by Gasteiger charge is -2.07. The maximum atomic E-state index is 10.5. The van der Waals surface area contributed by atoms with Crippen molar-refractivity contribution in [3.8, 4) is 11.5 Å². The molecular weight excluding hydrogens is 210 g/mol. The first kappa shape index (κ1) is 12.0. The van der Waals surface area contributed by atoms with E-state index in [-0.39, 0.29) is 5.70 Å². The van der Waals surface area contributed by atoms with E-state index in [1.807, 2.05) is 0 Å². The molecule has 0 N–H and O–H groups in total. The summed E-state index contributed by atoms with van der Waals surface area (Å²) in [6.45, 7) is 1.44. The molecule has 0 amide bonds. The van der Waals surface area contributed by atoms with E-state index in [0.717, 1.165) is 0 Å². The Morgan fingerprint density at radius 3 is 2.44 bits per heavy atom. The fraction of sp³-hybridized carbons (Fsp3) is 0.273. The van der Waals surface area contributed by atoms with Gasteiger partial charge in [0.15, 0.2) is 11.5 Å². The van der Waals surface area contributed by atoms with E-state index in [2.05, 4.69) is 0 Å². The number of hydrogen-bond donors (Lipinski definition) is 0. The lowest BCUT2D eigenvalue weighted by molar-refractivity contribution is -0.422. The Morgan fingerprint density at radius 2 is 1.94 bits per heavy atom. The summed E-state index contributed by atoms with van der Waals surface area (Å²) < 4.78 is 10.2. The Balaban J connectivity index is 3.09. The van der Waals surface area contributed by atoms with Gasteiger partial charge in [0.1, 0.15) is 0 Å². The van der Waals surface area contributed by atoms with E-state index in [1.165, 1.54) is 27.2 Å². The number of allylic oxidation sites excluding steroid dienone is 1. The van der Waals surface area contributed by atoms with Crippen molar-refractivity contribution in [1.82, 2.24) is 0 Å². The molecule has 5 heteroatoms. The molecule has 0 radical (unpaired) electrons. The number of methoxy groups -OCH3 is 2. The van der Waals surface area contributed by atoms with Gasteiger partial charge in [0, 0.05) is 13.0 Å². The highest BCUT2D eigenvalue weighted by Gasteiger charge is 2.06. The van der Waals surface area contributed by atoms with Gasteiger partial charge in [-0.2, -0.15) is 0 Å². The number of ether oxygens (including phenoxy) is 2. The van der Waals surface area contributed by atoms with Crippen LogP contribution in [0.15, 0.2) is 23.9 Å². The standard InChI is InChI=1S/C11H13NO4/c1-8(12(13)14)6-9-4-5-10(15-2)11(7-9)16-3/h4-7H,1-3H3. The molecule has 0 aliphatic heterocycles. The maximum absolute atomic E-state index is 10.5. The first-order chi connectivity index (χ1) is 7.58. The molecular formula is C11H13NO4. The predicted octanol–water partition coefficient (Wildman–Crippen LogP) is 2.34. The van der Waals surface area contributed by atoms with Crippen molar-refractivity contribution in [3.63, 3.8) is 0 Å². The second-order valence-electron chi connectivity index (χ2n) is 3.16. The predicted molar refractivity (Wildman–Crippen MR) is 60.2 cm³/mol. The fourth-order valence-electron chi connectivity index (χ4n) is 1.24. The van der Waals surface area contributed by atoms with Gasteiger partial charge < -0.3 is 9.47 Å². The molecule has 0 saturated heterocycles. The van der Waals surface area contributed by atoms with Crippen molar-refractivity contribution in [2.45, 2.75) is 6.92 Å². The van der Waals surface area contributed by atoms with Crippen molar-refractivity contribution < 1.29 is 14.4 Å². The van der Waals surface area contributed by atoms with Gasteiger partial charge in [0.25, 0.3) is 0 Å². The number of hydrogen-bond acceptors (Lipinski definition) is 4. The van der Waals surface area contributed by atoms with E-state index >= 15 is 0 Å². The molecule has 1 aromatic carbocycles. The Morgan fingerprint density at radius 1 is 1.31 bits per heavy atom. The molecule has 0 fully saturated rings. The third-order valence-corrected chi connectivity index (χ3v) is 2.07. The monoisotopic (exact) mass is 223 g/mol. The van der Waals surface area contributed by atoms with E-state index < -0.39 is 4.92 Å². The van der Waals surface area contributed by atoms with Crippen LogP contribution >= 0.6 is 0 Å². The Hall–Kier alpha value is -2.04. The van der Waals surface area contributed by atoms with Crippen LogP contribution in [0.3, 0.4) is 0 Å². The fourth-order valence-corrected chi connectivity index (χ4v) is 1.24. The van der Waals surface area contributed by atoms with Crippen molar-refractivity contribution in [1.29, 1.82) is 0 Å². The summed E-state index contributed by atoms with van der Waals surface area (Å²) >= 11 is 0. The van der Waals surface area contributed by atoms with Crippen molar-refractivity contribution >= 4 is 6.08 Å². The second-order valence-corrected chi connectivity index (χ2v) is 3.16. The summed E-state index contributed by atoms with van der Waals surface area (Å²) in [5.74, 6) is 1.14. The molecule has 0 aliphatic carbocycles. The van der Waals surface area contributed by atoms with E-state index in [9.17, 15) is 10.1 Å². The van der Waals surface area contributed by atoms with Gasteiger partial charge in [-0.15, -0.1) is 0 Å². The lowest BCUT2D eigenvalue weighted by atomic mass is 10.2. The Labute approximate surface area is 93.4 Å². The highest BCUT2D eigenvalue weighted by Crippen LogP contribution is 2.28. The van der Waals surface area contributed by atoms with Gasteiger partial charge in [-0.25, -0.2) is 0 Å². The first-order valence-electron chi connectivity index (χ1n) is 4.63. The molecule has 16 heavy (non-hydrogen) atoms. The SMILES string of the molecule is COc1ccc(C=C(C)[N+](=O)[O-])cc1OC. The molecule has 1 rings (SSSR count). The maximum Gasteiger partial charge on any atom is 0.243 e. The lowest BCUT2D eigenvalue weighted by Crippen LogP contribution is -1.94. The molecule has 0 unspecified atom stereocenters. The van der Waals surface area contributed by atoms with E-state index in [4.69, 9.17) is 9.47 Å². The zero-order valence-corrected chi connectivity index (χ0v) is 9.39. The highest BCUT2D eigenvalue weighted by atomic mass is 16.6. The molecule has 86 valence electrons. The number of rotatable bonds is 4. The van der Waals surface area contributed by atoms with Crippen LogP contribution in [-0.4, -0.2) is 19.1 Å². The third kappa shape index (κ3) is 2.73. The van der Waals surface area contributed by atoms with Crippen LogP contribution in [0, 0.1) is 10.1 Å². The minimum atomic E-state index is -0.434. The number of nitrogens with zero attached hydrogens (tertiary/aromatic N) is 1. The molecule has 0 heterocycles. The molecule has 5 nitrogen and oxygen atoms in total. The molecule has 0 bridgehead atoms. The summed E-state index contributed by atoms with van der Waals surface area (Å²) in [4.78, 5) is 10.0. The van der Waals surface area contributed by atoms with Gasteiger partial charge in [-0.1, -0.05) is 6.07 Å². The summed E-state index contributed by atoms with van der Waals surface area (Å²) in [5.41, 5.74) is 0.777. The van der Waals surface area contributed by atoms with Crippen LogP contribution in [-0.2, 0) is 0 Å². The second kappa shape index (κ2) is 5.16. The van der Waals surface area contributed by atoms with Gasteiger partial charge >= 0.3 is 0 Å². The summed E-state index contributed by atoms with van der Waals surface area (Å²) in [6, 6.07) is 5.12. The van der Waals surface area contributed by atoms with Crippen molar-refractivity contribution in [2.24, 2.45) is 0 Å². The van der Waals surface area contributed by atoms with Gasteiger partial charge in [0.05, 0.1) is 19.1 Å². The van der Waals surface area contributed by atoms with Crippen LogP contribution in [0.4, 0.5) is 0 Å². The van der Waals surface area contributed by atoms with Gasteiger partial charge in [0.2, 0.25) is 5.70 Å². The Kier molecular flexibility index (Phi) is 3.88. The highest BCUT2D eigenvalue weighted by molar-refractivity contribution is 5.56. The van der Waals surface area contributed by atoms with E-state index in [0.29, 0.717) is 17.1 Å². The van der Waals surface area contributed by atoms with Crippen LogP contribution in [0.25, 0.3) is 6.08 Å². The molecule has 0 saturated carbocycles. The van der Waals surface area contributed by atoms with Crippen LogP contribution < -0.4 is 9.47 Å². The van der Waals surface area contributed by atoms with Gasteiger partial charge in [-0.3, -0.25) is 10.1 Å². The number of nitro groups is 1. The summed E-state index contributed by atoms with van der Waals surface area (Å²) in [7, 11) is 3.06. The first-order valence-corrected chi connectivity index (χ1v) is 4.63. The van der Waals surface area contributed by atoms with Crippen LogP contribution in [0.5, 0.6) is 11.5 Å². The average molecular weight is 223 g/mol. The topological polar surface area (TPSA) is 61.6 Å². The Bertz CT molecular complexity index is 426. The number of benzene rings is 1. The molecule has 0 aliphatic rings. The average Bonchev–Trinajstić information content (AvgIpc) is 2.28. The molecule has 0 aromatic heterocycles. The smallest absolute Gasteiger partial charge is 0.243 e. The van der Waals surface area contributed by atoms with Crippen molar-refractivity contribution in [3.05, 3.63) is 39.6 Å². The summed E-state index contributed by atoms with van der Waals surface area (Å²) in [5, 5.41) is 10.5. The van der Waals surface area contributed by atoms with Crippen molar-refractivity contribution in [2.75, 3.05) is 14.2 Å². The normalized spacial score (nSPS) is 11.1. The van der Waals surface area contributed by atoms with Crippen LogP contribution in [0.2, 0.25) is 0 Å². The molecule has 1 aromatic rings. The van der Waals surface area contributed by atoms with E-state index in [1.54, 1.807) is 18.2 Å². The minimum absolute atomic E-state index is 0.0761. The quantitative estimate of drug-likeness (QED) is 0.580. The molecule has 0 atom stereocenters. The molecule has 0 spiro atoms. The summed E-state index contributed by atoms with van der Waals surface area (Å²) in [6.07, 6.45) is 1.47. The van der Waals surface area contributed by atoms with Gasteiger partial charge in [-0.05, 0) is 17.7 Å². The zero-order valence-electron chi connectivity index (χ0n) is 9.39.